The maximum Gasteiger partial charge on any atom is 0.269 e. The van der Waals surface area contributed by atoms with E-state index in [1.165, 1.54) is 34.5 Å². The SMILES string of the molecule is CCN(CC)c1ccc(-c2nnc(SCC(=O)N(C)c3ccc([N+](=O)[O-])cc3)n2CC)cc1. The van der Waals surface area contributed by atoms with E-state index in [0.29, 0.717) is 17.4 Å². The zero-order valence-corrected chi connectivity index (χ0v) is 20.1. The van der Waals surface area contributed by atoms with Crippen LogP contribution < -0.4 is 9.80 Å². The molecule has 0 spiro atoms. The van der Waals surface area contributed by atoms with E-state index in [1.807, 2.05) is 23.6 Å². The maximum absolute atomic E-state index is 12.7. The molecule has 0 radical (unpaired) electrons. The van der Waals surface area contributed by atoms with Crippen LogP contribution in [0.4, 0.5) is 17.1 Å². The van der Waals surface area contributed by atoms with Crippen LogP contribution in [0.2, 0.25) is 0 Å². The Bertz CT molecular complexity index is 1090. The van der Waals surface area contributed by atoms with Crippen molar-refractivity contribution in [2.24, 2.45) is 0 Å². The first-order valence-corrected chi connectivity index (χ1v) is 11.8. The van der Waals surface area contributed by atoms with Gasteiger partial charge in [-0.1, -0.05) is 11.8 Å². The Balaban J connectivity index is 1.70. The second kappa shape index (κ2) is 11.0. The number of nitro groups is 1. The molecule has 3 aromatic rings. The Morgan fingerprint density at radius 2 is 1.61 bits per heavy atom. The second-order valence-corrected chi connectivity index (χ2v) is 8.23. The third-order valence-electron chi connectivity index (χ3n) is 5.43. The number of benzene rings is 2. The lowest BCUT2D eigenvalue weighted by Crippen LogP contribution is -2.28. The largest absolute Gasteiger partial charge is 0.372 e. The lowest BCUT2D eigenvalue weighted by atomic mass is 10.2. The van der Waals surface area contributed by atoms with Gasteiger partial charge in [-0.15, -0.1) is 10.2 Å². The molecular formula is C23H28N6O3S. The average Bonchev–Trinajstić information content (AvgIpc) is 3.26. The average molecular weight is 469 g/mol. The molecule has 174 valence electrons. The van der Waals surface area contributed by atoms with E-state index in [9.17, 15) is 14.9 Å². The minimum absolute atomic E-state index is 0.0114. The quantitative estimate of drug-likeness (QED) is 0.246. The number of nitrogens with zero attached hydrogens (tertiary/aromatic N) is 6. The van der Waals surface area contributed by atoms with Crippen molar-refractivity contribution in [3.05, 3.63) is 58.6 Å². The molecule has 0 N–H and O–H groups in total. The van der Waals surface area contributed by atoms with Crippen LogP contribution in [0.3, 0.4) is 0 Å². The Labute approximate surface area is 197 Å². The normalized spacial score (nSPS) is 10.8. The van der Waals surface area contributed by atoms with Crippen molar-refractivity contribution >= 4 is 34.7 Å². The molecular weight excluding hydrogens is 440 g/mol. The van der Waals surface area contributed by atoms with Gasteiger partial charge in [0.2, 0.25) is 5.91 Å². The van der Waals surface area contributed by atoms with E-state index in [2.05, 4.69) is 41.1 Å². The summed E-state index contributed by atoms with van der Waals surface area (Å²) in [5, 5.41) is 20.2. The van der Waals surface area contributed by atoms with Gasteiger partial charge in [-0.3, -0.25) is 14.9 Å². The summed E-state index contributed by atoms with van der Waals surface area (Å²) >= 11 is 1.32. The smallest absolute Gasteiger partial charge is 0.269 e. The van der Waals surface area contributed by atoms with Crippen molar-refractivity contribution < 1.29 is 9.72 Å². The topological polar surface area (TPSA) is 97.4 Å². The molecule has 0 bridgehead atoms. The minimum Gasteiger partial charge on any atom is -0.372 e. The number of carbonyl (C=O) groups is 1. The molecule has 0 aliphatic carbocycles. The number of amides is 1. The number of hydrogen-bond donors (Lipinski definition) is 0. The molecule has 0 saturated carbocycles. The zero-order chi connectivity index (χ0) is 24.0. The summed E-state index contributed by atoms with van der Waals surface area (Å²) in [7, 11) is 1.65. The summed E-state index contributed by atoms with van der Waals surface area (Å²) in [6, 6.07) is 14.2. The predicted molar refractivity (Wildman–Crippen MR) is 132 cm³/mol. The van der Waals surface area contributed by atoms with Gasteiger partial charge in [-0.25, -0.2) is 0 Å². The number of non-ortho nitro benzene ring substituents is 1. The number of carbonyl (C=O) groups excluding carboxylic acids is 1. The molecule has 3 rings (SSSR count). The van der Waals surface area contributed by atoms with Gasteiger partial charge in [0.05, 0.1) is 10.7 Å². The summed E-state index contributed by atoms with van der Waals surface area (Å²) in [5.74, 6) is 0.805. The van der Waals surface area contributed by atoms with E-state index in [0.717, 1.165) is 24.5 Å². The van der Waals surface area contributed by atoms with Gasteiger partial charge in [0, 0.05) is 55.8 Å². The molecule has 0 atom stereocenters. The Kier molecular flexibility index (Phi) is 8.05. The van der Waals surface area contributed by atoms with E-state index in [1.54, 1.807) is 19.2 Å². The monoisotopic (exact) mass is 468 g/mol. The molecule has 0 unspecified atom stereocenters. The summed E-state index contributed by atoms with van der Waals surface area (Å²) in [6.07, 6.45) is 0. The highest BCUT2D eigenvalue weighted by molar-refractivity contribution is 7.99. The Hall–Kier alpha value is -3.40. The summed E-state index contributed by atoms with van der Waals surface area (Å²) in [4.78, 5) is 26.8. The molecule has 1 amide bonds. The number of hydrogen-bond acceptors (Lipinski definition) is 7. The van der Waals surface area contributed by atoms with Crippen LogP contribution in [0, 0.1) is 10.1 Å². The number of aromatic nitrogens is 3. The van der Waals surface area contributed by atoms with Gasteiger partial charge < -0.3 is 14.4 Å². The van der Waals surface area contributed by atoms with Crippen molar-refractivity contribution in [3.8, 4) is 11.4 Å². The van der Waals surface area contributed by atoms with Crippen molar-refractivity contribution in [3.63, 3.8) is 0 Å². The van der Waals surface area contributed by atoms with Crippen LogP contribution in [0.1, 0.15) is 20.8 Å². The molecule has 2 aromatic carbocycles. The fourth-order valence-electron chi connectivity index (χ4n) is 3.47. The number of rotatable bonds is 10. The first kappa shape index (κ1) is 24.2. The molecule has 10 heteroatoms. The van der Waals surface area contributed by atoms with Crippen molar-refractivity contribution in [2.75, 3.05) is 35.7 Å². The molecule has 0 fully saturated rings. The Morgan fingerprint density at radius 1 is 1.00 bits per heavy atom. The lowest BCUT2D eigenvalue weighted by Gasteiger charge is -2.21. The van der Waals surface area contributed by atoms with Crippen molar-refractivity contribution in [1.29, 1.82) is 0 Å². The molecule has 33 heavy (non-hydrogen) atoms. The second-order valence-electron chi connectivity index (χ2n) is 7.28. The fraction of sp³-hybridized carbons (Fsp3) is 0.348. The van der Waals surface area contributed by atoms with Gasteiger partial charge in [0.1, 0.15) is 0 Å². The van der Waals surface area contributed by atoms with E-state index in [4.69, 9.17) is 0 Å². The van der Waals surface area contributed by atoms with Gasteiger partial charge >= 0.3 is 0 Å². The van der Waals surface area contributed by atoms with Gasteiger partial charge in [0.25, 0.3) is 5.69 Å². The fourth-order valence-corrected chi connectivity index (χ4v) is 4.39. The lowest BCUT2D eigenvalue weighted by molar-refractivity contribution is -0.384. The van der Waals surface area contributed by atoms with Crippen LogP contribution in [-0.4, -0.2) is 51.5 Å². The van der Waals surface area contributed by atoms with Gasteiger partial charge in [-0.05, 0) is 57.2 Å². The molecule has 0 saturated heterocycles. The third kappa shape index (κ3) is 5.51. The summed E-state index contributed by atoms with van der Waals surface area (Å²) in [6.45, 7) is 8.86. The van der Waals surface area contributed by atoms with Crippen LogP contribution >= 0.6 is 11.8 Å². The summed E-state index contributed by atoms with van der Waals surface area (Å²) in [5.41, 5.74) is 2.72. The van der Waals surface area contributed by atoms with E-state index in [-0.39, 0.29) is 17.3 Å². The van der Waals surface area contributed by atoms with Crippen molar-refractivity contribution in [2.45, 2.75) is 32.5 Å². The van der Waals surface area contributed by atoms with Crippen LogP contribution in [0.5, 0.6) is 0 Å². The number of anilines is 2. The number of nitro benzene ring substituents is 1. The maximum atomic E-state index is 12.7. The molecule has 1 aromatic heterocycles. The summed E-state index contributed by atoms with van der Waals surface area (Å²) < 4.78 is 2.00. The van der Waals surface area contributed by atoms with Crippen LogP contribution in [-0.2, 0) is 11.3 Å². The highest BCUT2D eigenvalue weighted by Gasteiger charge is 2.18. The first-order valence-electron chi connectivity index (χ1n) is 10.8. The Morgan fingerprint density at radius 3 is 2.15 bits per heavy atom. The molecule has 0 aliphatic heterocycles. The minimum atomic E-state index is -0.465. The van der Waals surface area contributed by atoms with Crippen LogP contribution in [0.15, 0.2) is 53.7 Å². The number of thioether (sulfide) groups is 1. The van der Waals surface area contributed by atoms with Gasteiger partial charge in [-0.2, -0.15) is 0 Å². The first-order chi connectivity index (χ1) is 15.9. The highest BCUT2D eigenvalue weighted by Crippen LogP contribution is 2.27. The third-order valence-corrected chi connectivity index (χ3v) is 6.39. The predicted octanol–water partition coefficient (Wildman–Crippen LogP) is 4.47. The highest BCUT2D eigenvalue weighted by atomic mass is 32.2. The van der Waals surface area contributed by atoms with Gasteiger partial charge in [0.15, 0.2) is 11.0 Å². The molecule has 9 nitrogen and oxygen atoms in total. The van der Waals surface area contributed by atoms with E-state index >= 15 is 0 Å². The van der Waals surface area contributed by atoms with E-state index < -0.39 is 4.92 Å². The van der Waals surface area contributed by atoms with Crippen molar-refractivity contribution in [1.82, 2.24) is 14.8 Å². The van der Waals surface area contributed by atoms with Crippen LogP contribution in [0.25, 0.3) is 11.4 Å². The molecule has 1 heterocycles. The standard InChI is InChI=1S/C23H28N6O3S/c1-5-27(6-2)19-10-8-17(9-11-19)22-24-25-23(28(22)7-3)33-16-21(30)26(4)18-12-14-20(15-13-18)29(31)32/h8-15H,5-7,16H2,1-4H3. The molecule has 0 aliphatic rings. The zero-order valence-electron chi connectivity index (χ0n) is 19.3.